The molecule has 0 unspecified atom stereocenters. The molecule has 1 atom stereocenters. The van der Waals surface area contributed by atoms with E-state index in [1.165, 1.54) is 0 Å². The molecule has 6 heteroatoms. The summed E-state index contributed by atoms with van der Waals surface area (Å²) in [6.07, 6.45) is 3.24. The third-order valence-electron chi connectivity index (χ3n) is 3.03. The minimum atomic E-state index is -0.140. The number of rotatable bonds is 5. The zero-order valence-corrected chi connectivity index (χ0v) is 12.2. The fourth-order valence-corrected chi connectivity index (χ4v) is 2.01. The van der Waals surface area contributed by atoms with Crippen molar-refractivity contribution in [3.63, 3.8) is 0 Å². The molecule has 0 saturated heterocycles. The monoisotopic (exact) mass is 292 g/mol. The van der Waals surface area contributed by atoms with Gasteiger partial charge in [0.25, 0.3) is 5.91 Å². The molecule has 0 bridgehead atoms. The molecule has 20 heavy (non-hydrogen) atoms. The van der Waals surface area contributed by atoms with E-state index < -0.39 is 0 Å². The number of hydrogen-bond acceptors (Lipinski definition) is 3. The zero-order chi connectivity index (χ0) is 14.5. The summed E-state index contributed by atoms with van der Waals surface area (Å²) in [7, 11) is 0. The molecule has 1 aromatic carbocycles. The van der Waals surface area contributed by atoms with Crippen molar-refractivity contribution in [1.29, 1.82) is 0 Å². The van der Waals surface area contributed by atoms with E-state index in [2.05, 4.69) is 15.5 Å². The lowest BCUT2D eigenvalue weighted by molar-refractivity contribution is 0.0918. The lowest BCUT2D eigenvalue weighted by Crippen LogP contribution is -2.42. The van der Waals surface area contributed by atoms with Gasteiger partial charge in [0.2, 0.25) is 0 Å². The first-order valence-corrected chi connectivity index (χ1v) is 6.84. The van der Waals surface area contributed by atoms with Gasteiger partial charge in [-0.2, -0.15) is 15.0 Å². The number of nitrogens with one attached hydrogen (secondary N) is 1. The summed E-state index contributed by atoms with van der Waals surface area (Å²) < 4.78 is 0. The molecule has 0 radical (unpaired) electrons. The van der Waals surface area contributed by atoms with Gasteiger partial charge in [0.15, 0.2) is 0 Å². The van der Waals surface area contributed by atoms with Crippen LogP contribution in [0.15, 0.2) is 36.7 Å². The zero-order valence-electron chi connectivity index (χ0n) is 11.5. The molecule has 0 spiro atoms. The maximum atomic E-state index is 12.2. The SMILES string of the molecule is CC(C)[C@H](Cn1nccn1)NC(=O)c1cccc(Cl)c1. The third-order valence-corrected chi connectivity index (χ3v) is 3.27. The van der Waals surface area contributed by atoms with Crippen molar-refractivity contribution in [2.45, 2.75) is 26.4 Å². The number of amides is 1. The van der Waals surface area contributed by atoms with E-state index in [0.29, 0.717) is 17.1 Å². The Kier molecular flexibility index (Phi) is 4.74. The summed E-state index contributed by atoms with van der Waals surface area (Å²) in [5.41, 5.74) is 0.552. The van der Waals surface area contributed by atoms with Crippen LogP contribution < -0.4 is 5.32 Å². The van der Waals surface area contributed by atoms with E-state index >= 15 is 0 Å². The van der Waals surface area contributed by atoms with Crippen molar-refractivity contribution in [2.24, 2.45) is 5.92 Å². The molecule has 1 amide bonds. The van der Waals surface area contributed by atoms with Gasteiger partial charge in [-0.15, -0.1) is 0 Å². The van der Waals surface area contributed by atoms with Gasteiger partial charge >= 0.3 is 0 Å². The first-order valence-electron chi connectivity index (χ1n) is 6.47. The highest BCUT2D eigenvalue weighted by Crippen LogP contribution is 2.12. The van der Waals surface area contributed by atoms with Crippen molar-refractivity contribution < 1.29 is 4.79 Å². The van der Waals surface area contributed by atoms with Crippen LogP contribution in [0, 0.1) is 5.92 Å². The van der Waals surface area contributed by atoms with Gasteiger partial charge in [-0.05, 0) is 24.1 Å². The van der Waals surface area contributed by atoms with Gasteiger partial charge in [-0.25, -0.2) is 0 Å². The number of halogens is 1. The molecule has 5 nitrogen and oxygen atoms in total. The molecular weight excluding hydrogens is 276 g/mol. The normalized spacial score (nSPS) is 12.4. The largest absolute Gasteiger partial charge is 0.347 e. The Balaban J connectivity index is 2.06. The fourth-order valence-electron chi connectivity index (χ4n) is 1.82. The summed E-state index contributed by atoms with van der Waals surface area (Å²) in [6.45, 7) is 4.63. The summed E-state index contributed by atoms with van der Waals surface area (Å²) in [5.74, 6) is 0.127. The Morgan fingerprint density at radius 1 is 1.35 bits per heavy atom. The number of carbonyl (C=O) groups excluding carboxylic acids is 1. The first-order chi connectivity index (χ1) is 9.56. The Bertz CT molecular complexity index is 568. The van der Waals surface area contributed by atoms with Crippen LogP contribution in [0.3, 0.4) is 0 Å². The lowest BCUT2D eigenvalue weighted by Gasteiger charge is -2.21. The van der Waals surface area contributed by atoms with Crippen LogP contribution >= 0.6 is 11.6 Å². The number of carbonyl (C=O) groups is 1. The Hall–Kier alpha value is -1.88. The van der Waals surface area contributed by atoms with Gasteiger partial charge in [-0.1, -0.05) is 31.5 Å². The van der Waals surface area contributed by atoms with Crippen LogP contribution in [0.4, 0.5) is 0 Å². The van der Waals surface area contributed by atoms with Gasteiger partial charge in [0, 0.05) is 10.6 Å². The molecule has 2 aromatic rings. The van der Waals surface area contributed by atoms with Gasteiger partial charge in [0.1, 0.15) is 0 Å². The standard InChI is InChI=1S/C14H17ClN4O/c1-10(2)13(9-19-16-6-7-17-19)18-14(20)11-4-3-5-12(15)8-11/h3-8,10,13H,9H2,1-2H3,(H,18,20)/t13-/m0/s1. The summed E-state index contributed by atoms with van der Waals surface area (Å²) in [5, 5.41) is 11.7. The Morgan fingerprint density at radius 2 is 2.05 bits per heavy atom. The third kappa shape index (κ3) is 3.81. The van der Waals surface area contributed by atoms with Crippen molar-refractivity contribution >= 4 is 17.5 Å². The molecule has 0 saturated carbocycles. The second-order valence-electron chi connectivity index (χ2n) is 4.92. The molecular formula is C14H17ClN4O. The smallest absolute Gasteiger partial charge is 0.251 e. The van der Waals surface area contributed by atoms with E-state index in [1.807, 2.05) is 13.8 Å². The molecule has 106 valence electrons. The highest BCUT2D eigenvalue weighted by atomic mass is 35.5. The summed E-state index contributed by atoms with van der Waals surface area (Å²) in [4.78, 5) is 13.8. The summed E-state index contributed by atoms with van der Waals surface area (Å²) >= 11 is 5.90. The number of nitrogens with zero attached hydrogens (tertiary/aromatic N) is 3. The molecule has 0 aliphatic heterocycles. The molecule has 1 heterocycles. The van der Waals surface area contributed by atoms with Crippen molar-refractivity contribution in [3.8, 4) is 0 Å². The van der Waals surface area contributed by atoms with Crippen LogP contribution in [0.25, 0.3) is 0 Å². The molecule has 2 rings (SSSR count). The minimum Gasteiger partial charge on any atom is -0.347 e. The summed E-state index contributed by atoms with van der Waals surface area (Å²) in [6, 6.07) is 6.85. The first kappa shape index (κ1) is 14.5. The number of benzene rings is 1. The van der Waals surface area contributed by atoms with Gasteiger partial charge in [-0.3, -0.25) is 4.79 Å². The van der Waals surface area contributed by atoms with Crippen LogP contribution in [0.2, 0.25) is 5.02 Å². The van der Waals surface area contributed by atoms with E-state index in [9.17, 15) is 4.79 Å². The van der Waals surface area contributed by atoms with E-state index in [0.717, 1.165) is 0 Å². The maximum absolute atomic E-state index is 12.2. The van der Waals surface area contributed by atoms with Crippen molar-refractivity contribution in [2.75, 3.05) is 0 Å². The number of hydrogen-bond donors (Lipinski definition) is 1. The van der Waals surface area contributed by atoms with E-state index in [-0.39, 0.29) is 17.9 Å². The Labute approximate surface area is 122 Å². The number of aromatic nitrogens is 3. The van der Waals surface area contributed by atoms with Crippen LogP contribution in [0.1, 0.15) is 24.2 Å². The lowest BCUT2D eigenvalue weighted by atomic mass is 10.0. The Morgan fingerprint density at radius 3 is 2.65 bits per heavy atom. The average molecular weight is 293 g/mol. The van der Waals surface area contributed by atoms with Crippen molar-refractivity contribution in [3.05, 3.63) is 47.2 Å². The van der Waals surface area contributed by atoms with Crippen LogP contribution in [0.5, 0.6) is 0 Å². The predicted molar refractivity (Wildman–Crippen MR) is 77.6 cm³/mol. The van der Waals surface area contributed by atoms with E-state index in [4.69, 9.17) is 11.6 Å². The predicted octanol–water partition coefficient (Wildman–Crippen LogP) is 2.39. The van der Waals surface area contributed by atoms with Crippen molar-refractivity contribution in [1.82, 2.24) is 20.3 Å². The second-order valence-corrected chi connectivity index (χ2v) is 5.35. The molecule has 0 fully saturated rings. The molecule has 0 aliphatic rings. The molecule has 1 aromatic heterocycles. The van der Waals surface area contributed by atoms with Gasteiger partial charge in [0.05, 0.1) is 25.0 Å². The quantitative estimate of drug-likeness (QED) is 0.920. The minimum absolute atomic E-state index is 0.0473. The molecule has 0 aliphatic carbocycles. The fraction of sp³-hybridized carbons (Fsp3) is 0.357. The topological polar surface area (TPSA) is 59.8 Å². The maximum Gasteiger partial charge on any atom is 0.251 e. The average Bonchev–Trinajstić information content (AvgIpc) is 2.90. The molecule has 1 N–H and O–H groups in total. The van der Waals surface area contributed by atoms with Crippen LogP contribution in [-0.2, 0) is 6.54 Å². The van der Waals surface area contributed by atoms with Gasteiger partial charge < -0.3 is 5.32 Å². The van der Waals surface area contributed by atoms with Crippen LogP contribution in [-0.4, -0.2) is 26.9 Å². The highest BCUT2D eigenvalue weighted by Gasteiger charge is 2.18. The van der Waals surface area contributed by atoms with E-state index in [1.54, 1.807) is 41.5 Å². The highest BCUT2D eigenvalue weighted by molar-refractivity contribution is 6.30. The second kappa shape index (κ2) is 6.52.